The normalized spacial score (nSPS) is 17.0. The van der Waals surface area contributed by atoms with Crippen LogP contribution in [0.25, 0.3) is 0 Å². The van der Waals surface area contributed by atoms with Gasteiger partial charge in [-0.3, -0.25) is 9.59 Å². The number of benzene rings is 1. The SMILES string of the molecule is CNc1nc(C)cc(C(=O)N[C@H]2CCN(c3ccccc3)C2=O)n1. The van der Waals surface area contributed by atoms with E-state index in [2.05, 4.69) is 20.6 Å². The average Bonchev–Trinajstić information content (AvgIpc) is 2.95. The molecule has 2 N–H and O–H groups in total. The number of carbonyl (C=O) groups excluding carboxylic acids is 2. The van der Waals surface area contributed by atoms with Crippen LogP contribution in [0.4, 0.5) is 11.6 Å². The Balaban J connectivity index is 1.72. The van der Waals surface area contributed by atoms with Gasteiger partial charge < -0.3 is 15.5 Å². The Hall–Kier alpha value is -2.96. The Bertz CT molecular complexity index is 763. The molecule has 1 saturated heterocycles. The first kappa shape index (κ1) is 15.9. The summed E-state index contributed by atoms with van der Waals surface area (Å²) >= 11 is 0. The van der Waals surface area contributed by atoms with Crippen molar-refractivity contribution in [3.05, 3.63) is 47.8 Å². The van der Waals surface area contributed by atoms with Gasteiger partial charge in [-0.25, -0.2) is 9.97 Å². The van der Waals surface area contributed by atoms with E-state index in [4.69, 9.17) is 0 Å². The maximum absolute atomic E-state index is 12.5. The minimum absolute atomic E-state index is 0.103. The molecule has 124 valence electrons. The maximum atomic E-state index is 12.5. The second-order valence-electron chi connectivity index (χ2n) is 5.61. The van der Waals surface area contributed by atoms with Crippen molar-refractivity contribution in [2.45, 2.75) is 19.4 Å². The summed E-state index contributed by atoms with van der Waals surface area (Å²) in [6, 6.07) is 10.5. The zero-order valence-electron chi connectivity index (χ0n) is 13.6. The molecule has 1 atom stereocenters. The van der Waals surface area contributed by atoms with Crippen molar-refractivity contribution < 1.29 is 9.59 Å². The molecule has 2 heterocycles. The highest BCUT2D eigenvalue weighted by Gasteiger charge is 2.33. The molecule has 0 spiro atoms. The molecule has 1 aliphatic rings. The lowest BCUT2D eigenvalue weighted by Gasteiger charge is -2.17. The topological polar surface area (TPSA) is 87.2 Å². The minimum atomic E-state index is -0.536. The summed E-state index contributed by atoms with van der Waals surface area (Å²) in [5, 5.41) is 5.59. The van der Waals surface area contributed by atoms with E-state index in [-0.39, 0.29) is 17.5 Å². The van der Waals surface area contributed by atoms with Gasteiger partial charge in [-0.2, -0.15) is 0 Å². The molecule has 3 rings (SSSR count). The summed E-state index contributed by atoms with van der Waals surface area (Å²) in [6.07, 6.45) is 0.572. The largest absolute Gasteiger partial charge is 0.357 e. The van der Waals surface area contributed by atoms with E-state index in [1.54, 1.807) is 24.9 Å². The molecular formula is C17H19N5O2. The van der Waals surface area contributed by atoms with Gasteiger partial charge in [0.05, 0.1) is 0 Å². The van der Waals surface area contributed by atoms with Gasteiger partial charge in [0.2, 0.25) is 11.9 Å². The number of amides is 2. The lowest BCUT2D eigenvalue weighted by molar-refractivity contribution is -0.118. The zero-order chi connectivity index (χ0) is 17.1. The first-order chi connectivity index (χ1) is 11.6. The van der Waals surface area contributed by atoms with Gasteiger partial charge in [-0.15, -0.1) is 0 Å². The van der Waals surface area contributed by atoms with Crippen molar-refractivity contribution in [3.63, 3.8) is 0 Å². The summed E-state index contributed by atoms with van der Waals surface area (Å²) < 4.78 is 0. The van der Waals surface area contributed by atoms with E-state index >= 15 is 0 Å². The molecule has 1 aromatic heterocycles. The van der Waals surface area contributed by atoms with Crippen LogP contribution in [0.1, 0.15) is 22.6 Å². The Morgan fingerprint density at radius 2 is 2.00 bits per heavy atom. The van der Waals surface area contributed by atoms with E-state index in [0.29, 0.717) is 24.6 Å². The van der Waals surface area contributed by atoms with Crippen LogP contribution in [0.3, 0.4) is 0 Å². The third-order valence-electron chi connectivity index (χ3n) is 3.89. The van der Waals surface area contributed by atoms with E-state index in [0.717, 1.165) is 5.69 Å². The fraction of sp³-hybridized carbons (Fsp3) is 0.294. The van der Waals surface area contributed by atoms with Crippen molar-refractivity contribution in [2.75, 3.05) is 23.8 Å². The number of hydrogen-bond acceptors (Lipinski definition) is 5. The molecule has 0 saturated carbocycles. The van der Waals surface area contributed by atoms with Crippen LogP contribution in [0.2, 0.25) is 0 Å². The molecule has 2 amide bonds. The highest BCUT2D eigenvalue weighted by atomic mass is 16.2. The number of nitrogens with zero attached hydrogens (tertiary/aromatic N) is 3. The van der Waals surface area contributed by atoms with Gasteiger partial charge >= 0.3 is 0 Å². The standard InChI is InChI=1S/C17H19N5O2/c1-11-10-14(21-17(18-2)19-11)15(23)20-13-8-9-22(16(13)24)12-6-4-3-5-7-12/h3-7,10,13H,8-9H2,1-2H3,(H,20,23)(H,18,19,21)/t13-/m0/s1. The molecular weight excluding hydrogens is 306 g/mol. The number of hydrogen-bond donors (Lipinski definition) is 2. The van der Waals surface area contributed by atoms with Crippen LogP contribution >= 0.6 is 0 Å². The first-order valence-corrected chi connectivity index (χ1v) is 7.79. The summed E-state index contributed by atoms with van der Waals surface area (Å²) in [5.74, 6) is -0.0942. The highest BCUT2D eigenvalue weighted by molar-refractivity contribution is 6.03. The Morgan fingerprint density at radius 1 is 1.25 bits per heavy atom. The van der Waals surface area contributed by atoms with Crippen LogP contribution in [-0.2, 0) is 4.79 Å². The van der Waals surface area contributed by atoms with Gasteiger partial charge in [-0.1, -0.05) is 18.2 Å². The molecule has 1 aliphatic heterocycles. The predicted molar refractivity (Wildman–Crippen MR) is 91.0 cm³/mol. The molecule has 1 fully saturated rings. The molecule has 0 radical (unpaired) electrons. The summed E-state index contributed by atoms with van der Waals surface area (Å²) in [5.41, 5.74) is 1.77. The Morgan fingerprint density at radius 3 is 2.71 bits per heavy atom. The van der Waals surface area contributed by atoms with Crippen molar-refractivity contribution in [1.82, 2.24) is 15.3 Å². The van der Waals surface area contributed by atoms with Gasteiger partial charge in [-0.05, 0) is 31.5 Å². The second kappa shape index (κ2) is 6.66. The molecule has 2 aromatic rings. The molecule has 0 aliphatic carbocycles. The Labute approximate surface area is 140 Å². The third-order valence-corrected chi connectivity index (χ3v) is 3.89. The van der Waals surface area contributed by atoms with Crippen LogP contribution in [-0.4, -0.2) is 41.4 Å². The lowest BCUT2D eigenvalue weighted by atomic mass is 10.2. The molecule has 24 heavy (non-hydrogen) atoms. The minimum Gasteiger partial charge on any atom is -0.357 e. The monoisotopic (exact) mass is 325 g/mol. The number of nitrogens with one attached hydrogen (secondary N) is 2. The summed E-state index contributed by atoms with van der Waals surface area (Å²) in [7, 11) is 1.69. The lowest BCUT2D eigenvalue weighted by Crippen LogP contribution is -2.41. The van der Waals surface area contributed by atoms with Crippen LogP contribution in [0.15, 0.2) is 36.4 Å². The van der Waals surface area contributed by atoms with Gasteiger partial charge in [0.1, 0.15) is 11.7 Å². The van der Waals surface area contributed by atoms with Crippen molar-refractivity contribution in [3.8, 4) is 0 Å². The molecule has 7 nitrogen and oxygen atoms in total. The second-order valence-corrected chi connectivity index (χ2v) is 5.61. The zero-order valence-corrected chi connectivity index (χ0v) is 13.6. The van der Waals surface area contributed by atoms with Gasteiger partial charge in [0.15, 0.2) is 0 Å². The van der Waals surface area contributed by atoms with E-state index < -0.39 is 6.04 Å². The number of para-hydroxylation sites is 1. The molecule has 0 bridgehead atoms. The number of rotatable bonds is 4. The number of anilines is 2. The fourth-order valence-corrected chi connectivity index (χ4v) is 2.71. The summed E-state index contributed by atoms with van der Waals surface area (Å²) in [6.45, 7) is 2.37. The van der Waals surface area contributed by atoms with Crippen molar-refractivity contribution in [1.29, 1.82) is 0 Å². The summed E-state index contributed by atoms with van der Waals surface area (Å²) in [4.78, 5) is 34.9. The molecule has 7 heteroatoms. The van der Waals surface area contributed by atoms with E-state index in [1.807, 2.05) is 30.3 Å². The fourth-order valence-electron chi connectivity index (χ4n) is 2.71. The van der Waals surface area contributed by atoms with Crippen molar-refractivity contribution >= 4 is 23.5 Å². The van der Waals surface area contributed by atoms with Crippen LogP contribution in [0.5, 0.6) is 0 Å². The number of aryl methyl sites for hydroxylation is 1. The van der Waals surface area contributed by atoms with Crippen molar-refractivity contribution in [2.24, 2.45) is 0 Å². The van der Waals surface area contributed by atoms with Gasteiger partial charge in [0.25, 0.3) is 5.91 Å². The quantitative estimate of drug-likeness (QED) is 0.886. The smallest absolute Gasteiger partial charge is 0.270 e. The molecule has 1 aromatic carbocycles. The van der Waals surface area contributed by atoms with Crippen LogP contribution in [0, 0.1) is 6.92 Å². The predicted octanol–water partition coefficient (Wildman–Crippen LogP) is 1.36. The number of aromatic nitrogens is 2. The first-order valence-electron chi connectivity index (χ1n) is 7.79. The van der Waals surface area contributed by atoms with Gasteiger partial charge in [0, 0.05) is 25.0 Å². The third kappa shape index (κ3) is 3.19. The van der Waals surface area contributed by atoms with E-state index in [1.165, 1.54) is 0 Å². The van der Waals surface area contributed by atoms with Crippen LogP contribution < -0.4 is 15.5 Å². The highest BCUT2D eigenvalue weighted by Crippen LogP contribution is 2.21. The number of carbonyl (C=O) groups is 2. The average molecular weight is 325 g/mol. The van der Waals surface area contributed by atoms with E-state index in [9.17, 15) is 9.59 Å². The maximum Gasteiger partial charge on any atom is 0.270 e. The molecule has 0 unspecified atom stereocenters. The Kier molecular flexibility index (Phi) is 4.41.